The maximum absolute atomic E-state index is 6.08. The van der Waals surface area contributed by atoms with Crippen LogP contribution >= 0.6 is 46.2 Å². The monoisotopic (exact) mass is 636 g/mol. The standard InChI is InChI=1S/C29H29ClN8OS3/c1-17(2)26-36-24(19-5-4-6-20(15-19)37-42-27-18(3)33-28(30)41-27)25(40-26)22-9-10-31-29(35-22)34-21-7-8-23(32-16-21)38-11-13-39-14-12-38/h4-10,15-17,37H,11-14H2,1-3H3,(H,31,34,35). The van der Waals surface area contributed by atoms with Crippen molar-refractivity contribution in [3.63, 3.8) is 0 Å². The summed E-state index contributed by atoms with van der Waals surface area (Å²) in [6, 6.07) is 14.2. The zero-order valence-corrected chi connectivity index (χ0v) is 26.5. The summed E-state index contributed by atoms with van der Waals surface area (Å²) in [5.74, 6) is 1.73. The maximum atomic E-state index is 6.08. The van der Waals surface area contributed by atoms with Gasteiger partial charge in [0.2, 0.25) is 5.95 Å². The molecule has 9 nitrogen and oxygen atoms in total. The molecular formula is C29H29ClN8OS3. The van der Waals surface area contributed by atoms with Gasteiger partial charge in [-0.3, -0.25) is 0 Å². The first-order valence-corrected chi connectivity index (χ1v) is 16.3. The summed E-state index contributed by atoms with van der Waals surface area (Å²) in [7, 11) is 0. The van der Waals surface area contributed by atoms with E-state index in [0.717, 1.165) is 80.2 Å². The van der Waals surface area contributed by atoms with Gasteiger partial charge in [-0.2, -0.15) is 0 Å². The smallest absolute Gasteiger partial charge is 0.227 e. The molecular weight excluding hydrogens is 608 g/mol. The van der Waals surface area contributed by atoms with Gasteiger partial charge in [-0.05, 0) is 49.2 Å². The lowest BCUT2D eigenvalue weighted by atomic mass is 10.1. The molecule has 0 radical (unpaired) electrons. The Labute approximate surface area is 261 Å². The number of pyridine rings is 1. The molecule has 1 fully saturated rings. The summed E-state index contributed by atoms with van der Waals surface area (Å²) in [5, 5.41) is 4.37. The number of benzene rings is 1. The third-order valence-electron chi connectivity index (χ3n) is 6.49. The van der Waals surface area contributed by atoms with Crippen LogP contribution in [-0.2, 0) is 4.74 Å². The fourth-order valence-electron chi connectivity index (χ4n) is 4.35. The molecule has 1 aromatic carbocycles. The number of hydrogen-bond donors (Lipinski definition) is 2. The highest BCUT2D eigenvalue weighted by atomic mass is 35.5. The van der Waals surface area contributed by atoms with E-state index in [1.54, 1.807) is 17.5 Å². The number of thiazole rings is 2. The van der Waals surface area contributed by atoms with Crippen molar-refractivity contribution in [2.24, 2.45) is 0 Å². The molecule has 1 aliphatic heterocycles. The van der Waals surface area contributed by atoms with E-state index in [0.29, 0.717) is 10.4 Å². The summed E-state index contributed by atoms with van der Waals surface area (Å²) >= 11 is 10.7. The van der Waals surface area contributed by atoms with Gasteiger partial charge in [-0.15, -0.1) is 11.3 Å². The van der Waals surface area contributed by atoms with E-state index < -0.39 is 0 Å². The molecule has 6 rings (SSSR count). The number of aryl methyl sites for hydroxylation is 1. The quantitative estimate of drug-likeness (QED) is 0.155. The van der Waals surface area contributed by atoms with E-state index in [1.807, 2.05) is 43.5 Å². The number of rotatable bonds is 9. The summed E-state index contributed by atoms with van der Waals surface area (Å²) in [6.07, 6.45) is 3.59. The van der Waals surface area contributed by atoms with Crippen LogP contribution in [-0.4, -0.2) is 51.2 Å². The molecule has 42 heavy (non-hydrogen) atoms. The Bertz CT molecular complexity index is 1670. The van der Waals surface area contributed by atoms with Crippen molar-refractivity contribution in [2.45, 2.75) is 30.9 Å². The molecule has 4 aromatic heterocycles. The Hall–Kier alpha value is -3.29. The predicted molar refractivity (Wildman–Crippen MR) is 175 cm³/mol. The summed E-state index contributed by atoms with van der Waals surface area (Å²) in [5.41, 5.74) is 5.42. The van der Waals surface area contributed by atoms with E-state index in [2.05, 4.69) is 55.9 Å². The number of aromatic nitrogens is 5. The van der Waals surface area contributed by atoms with Crippen molar-refractivity contribution >= 4 is 69.4 Å². The fourth-order valence-corrected chi connectivity index (χ4v) is 7.49. The number of ether oxygens (including phenoxy) is 1. The highest BCUT2D eigenvalue weighted by Gasteiger charge is 2.19. The largest absolute Gasteiger partial charge is 0.378 e. The highest BCUT2D eigenvalue weighted by molar-refractivity contribution is 8.02. The average molecular weight is 637 g/mol. The lowest BCUT2D eigenvalue weighted by Gasteiger charge is -2.27. The van der Waals surface area contributed by atoms with Gasteiger partial charge in [0.25, 0.3) is 0 Å². The van der Waals surface area contributed by atoms with Crippen molar-refractivity contribution < 1.29 is 4.74 Å². The second-order valence-electron chi connectivity index (χ2n) is 9.90. The predicted octanol–water partition coefficient (Wildman–Crippen LogP) is 7.90. The molecule has 0 spiro atoms. The molecule has 1 saturated heterocycles. The first kappa shape index (κ1) is 28.8. The maximum Gasteiger partial charge on any atom is 0.227 e. The lowest BCUT2D eigenvalue weighted by Crippen LogP contribution is -2.36. The van der Waals surface area contributed by atoms with Crippen molar-refractivity contribution in [3.05, 3.63) is 70.0 Å². The summed E-state index contributed by atoms with van der Waals surface area (Å²) in [6.45, 7) is 9.41. The van der Waals surface area contributed by atoms with Crippen LogP contribution in [0.1, 0.15) is 30.5 Å². The Morgan fingerprint density at radius 1 is 1.00 bits per heavy atom. The highest BCUT2D eigenvalue weighted by Crippen LogP contribution is 2.40. The minimum atomic E-state index is 0.286. The van der Waals surface area contributed by atoms with Gasteiger partial charge in [-0.25, -0.2) is 24.9 Å². The van der Waals surface area contributed by atoms with Crippen molar-refractivity contribution in [1.82, 2.24) is 24.9 Å². The molecule has 5 aromatic rings. The van der Waals surface area contributed by atoms with Gasteiger partial charge in [0, 0.05) is 36.5 Å². The van der Waals surface area contributed by atoms with Crippen LogP contribution in [0.5, 0.6) is 0 Å². The summed E-state index contributed by atoms with van der Waals surface area (Å²) < 4.78 is 10.5. The number of anilines is 4. The molecule has 0 amide bonds. The van der Waals surface area contributed by atoms with Gasteiger partial charge >= 0.3 is 0 Å². The minimum absolute atomic E-state index is 0.286. The fraction of sp³-hybridized carbons (Fsp3) is 0.276. The van der Waals surface area contributed by atoms with Crippen LogP contribution in [0.25, 0.3) is 21.8 Å². The number of nitrogens with zero attached hydrogens (tertiary/aromatic N) is 6. The molecule has 0 bridgehead atoms. The van der Waals surface area contributed by atoms with Gasteiger partial charge in [0.15, 0.2) is 4.47 Å². The molecule has 5 heterocycles. The Morgan fingerprint density at radius 2 is 1.86 bits per heavy atom. The van der Waals surface area contributed by atoms with E-state index >= 15 is 0 Å². The lowest BCUT2D eigenvalue weighted by molar-refractivity contribution is 0.122. The SMILES string of the molecule is Cc1nc(Cl)sc1SNc1cccc(-c2nc(C(C)C)sc2-c2ccnc(Nc3ccc(N4CCOCC4)nc3)n2)c1. The number of hydrogen-bond acceptors (Lipinski definition) is 12. The number of morpholine rings is 1. The van der Waals surface area contributed by atoms with Crippen molar-refractivity contribution in [1.29, 1.82) is 0 Å². The zero-order chi connectivity index (χ0) is 29.1. The minimum Gasteiger partial charge on any atom is -0.378 e. The van der Waals surface area contributed by atoms with Gasteiger partial charge in [0.05, 0.1) is 52.1 Å². The number of nitrogens with one attached hydrogen (secondary N) is 2. The van der Waals surface area contributed by atoms with Gasteiger partial charge in [-0.1, -0.05) is 48.9 Å². The number of halogens is 1. The first-order valence-electron chi connectivity index (χ1n) is 13.5. The van der Waals surface area contributed by atoms with Gasteiger partial charge in [0.1, 0.15) is 10.0 Å². The van der Waals surface area contributed by atoms with E-state index in [4.69, 9.17) is 26.3 Å². The normalized spacial score (nSPS) is 13.5. The van der Waals surface area contributed by atoms with Crippen LogP contribution in [0.3, 0.4) is 0 Å². The third kappa shape index (κ3) is 6.68. The van der Waals surface area contributed by atoms with E-state index in [9.17, 15) is 0 Å². The molecule has 1 aliphatic rings. The Balaban J connectivity index is 1.24. The van der Waals surface area contributed by atoms with Crippen LogP contribution in [0.2, 0.25) is 4.47 Å². The molecule has 0 aliphatic carbocycles. The van der Waals surface area contributed by atoms with Crippen LogP contribution in [0.15, 0.2) is 59.1 Å². The average Bonchev–Trinajstić information content (AvgIpc) is 3.60. The molecule has 0 atom stereocenters. The van der Waals surface area contributed by atoms with Crippen molar-refractivity contribution in [3.8, 4) is 21.8 Å². The molecule has 2 N–H and O–H groups in total. The third-order valence-corrected chi connectivity index (χ3v) is 10.2. The van der Waals surface area contributed by atoms with Crippen LogP contribution in [0.4, 0.5) is 23.1 Å². The van der Waals surface area contributed by atoms with Gasteiger partial charge < -0.3 is 19.7 Å². The van der Waals surface area contributed by atoms with E-state index in [1.165, 1.54) is 23.3 Å². The van der Waals surface area contributed by atoms with Crippen LogP contribution in [0, 0.1) is 6.92 Å². The molecule has 13 heteroatoms. The summed E-state index contributed by atoms with van der Waals surface area (Å²) in [4.78, 5) is 26.6. The topological polar surface area (TPSA) is 101 Å². The van der Waals surface area contributed by atoms with Crippen molar-refractivity contribution in [2.75, 3.05) is 41.2 Å². The first-order chi connectivity index (χ1) is 20.4. The molecule has 216 valence electrons. The second-order valence-corrected chi connectivity index (χ2v) is 13.6. The zero-order valence-electron chi connectivity index (χ0n) is 23.3. The Morgan fingerprint density at radius 3 is 2.60 bits per heavy atom. The van der Waals surface area contributed by atoms with Crippen LogP contribution < -0.4 is 14.9 Å². The Kier molecular flexibility index (Phi) is 8.86. The molecule has 0 saturated carbocycles. The second kappa shape index (κ2) is 12.9. The van der Waals surface area contributed by atoms with E-state index in [-0.39, 0.29) is 5.92 Å². The molecule has 0 unspecified atom stereocenters.